The lowest BCUT2D eigenvalue weighted by molar-refractivity contribution is 0.309. The van der Waals surface area contributed by atoms with Crippen molar-refractivity contribution in [2.75, 3.05) is 13.1 Å². The summed E-state index contributed by atoms with van der Waals surface area (Å²) in [6.07, 6.45) is 0.956. The Bertz CT molecular complexity index is 659. The van der Waals surface area contributed by atoms with Crippen molar-refractivity contribution in [2.45, 2.75) is 11.3 Å². The average molecular weight is 272 g/mol. The van der Waals surface area contributed by atoms with E-state index in [2.05, 4.69) is 6.07 Å². The van der Waals surface area contributed by atoms with E-state index < -0.39 is 10.0 Å². The monoisotopic (exact) mass is 272 g/mol. The van der Waals surface area contributed by atoms with Crippen LogP contribution in [0.1, 0.15) is 6.42 Å². The molecule has 2 aromatic carbocycles. The Balaban J connectivity index is 1.91. The Kier molecular flexibility index (Phi) is 3.12. The van der Waals surface area contributed by atoms with Crippen LogP contribution in [0.4, 0.5) is 0 Å². The maximum atomic E-state index is 12.2. The average Bonchev–Trinajstić information content (AvgIpc) is 2.37. The largest absolute Gasteiger partial charge is 0.243 e. The summed E-state index contributed by atoms with van der Waals surface area (Å²) in [5.41, 5.74) is 2.07. The Morgan fingerprint density at radius 3 is 2.00 bits per heavy atom. The Hall–Kier alpha value is -1.65. The first-order chi connectivity index (χ1) is 9.18. The molecule has 1 aliphatic rings. The van der Waals surface area contributed by atoms with Crippen molar-refractivity contribution in [3.63, 3.8) is 0 Å². The Labute approximate surface area is 113 Å². The van der Waals surface area contributed by atoms with Gasteiger partial charge in [0.15, 0.2) is 0 Å². The molecule has 0 aromatic heterocycles. The molecule has 0 atom stereocenters. The number of nitrogens with zero attached hydrogens (tertiary/aromatic N) is 1. The Morgan fingerprint density at radius 1 is 0.895 bits per heavy atom. The van der Waals surface area contributed by atoms with Crippen LogP contribution < -0.4 is 0 Å². The molecule has 0 amide bonds. The molecular formula is C15H14NO2S. The quantitative estimate of drug-likeness (QED) is 0.861. The number of hydrogen-bond acceptors (Lipinski definition) is 2. The van der Waals surface area contributed by atoms with Crippen molar-refractivity contribution in [3.8, 4) is 11.1 Å². The summed E-state index contributed by atoms with van der Waals surface area (Å²) in [6, 6.07) is 17.6. The van der Waals surface area contributed by atoms with Gasteiger partial charge in [0.25, 0.3) is 0 Å². The summed E-state index contributed by atoms with van der Waals surface area (Å²) in [6.45, 7) is 1.28. The molecular weight excluding hydrogens is 258 g/mol. The summed E-state index contributed by atoms with van der Waals surface area (Å²) in [5.74, 6) is 0. The number of benzene rings is 2. The second-order valence-electron chi connectivity index (χ2n) is 4.57. The van der Waals surface area contributed by atoms with E-state index in [-0.39, 0.29) is 0 Å². The molecule has 3 nitrogen and oxygen atoms in total. The fourth-order valence-corrected chi connectivity index (χ4v) is 3.59. The van der Waals surface area contributed by atoms with Gasteiger partial charge in [0, 0.05) is 13.1 Å². The van der Waals surface area contributed by atoms with Crippen molar-refractivity contribution in [1.29, 1.82) is 0 Å². The van der Waals surface area contributed by atoms with Gasteiger partial charge < -0.3 is 0 Å². The number of hydrogen-bond donors (Lipinski definition) is 0. The van der Waals surface area contributed by atoms with Gasteiger partial charge in [-0.3, -0.25) is 0 Å². The van der Waals surface area contributed by atoms with Crippen LogP contribution in [0.25, 0.3) is 11.1 Å². The van der Waals surface area contributed by atoms with E-state index in [1.807, 2.05) is 36.4 Å². The minimum absolute atomic E-state index is 0.374. The number of rotatable bonds is 3. The van der Waals surface area contributed by atoms with Gasteiger partial charge in [-0.2, -0.15) is 4.31 Å². The SMILES string of the molecule is O=S(=O)(c1ccc(-c2cc[c]cc2)cc1)N1CCC1. The zero-order chi connectivity index (χ0) is 13.3. The predicted molar refractivity (Wildman–Crippen MR) is 74.1 cm³/mol. The third kappa shape index (κ3) is 2.29. The first-order valence-corrected chi connectivity index (χ1v) is 7.69. The first-order valence-electron chi connectivity index (χ1n) is 6.25. The van der Waals surface area contributed by atoms with Gasteiger partial charge in [0.2, 0.25) is 10.0 Å². The highest BCUT2D eigenvalue weighted by Gasteiger charge is 2.28. The highest BCUT2D eigenvalue weighted by molar-refractivity contribution is 7.89. The standard InChI is InChI=1S/C15H14NO2S/c17-19(18,16-11-4-12-16)15-9-7-14(8-10-15)13-5-2-1-3-6-13/h2-3,5-10H,4,11-12H2. The van der Waals surface area contributed by atoms with E-state index in [0.717, 1.165) is 17.5 Å². The first kappa shape index (κ1) is 12.4. The smallest absolute Gasteiger partial charge is 0.207 e. The molecule has 0 N–H and O–H groups in total. The van der Waals surface area contributed by atoms with Crippen LogP contribution >= 0.6 is 0 Å². The molecule has 0 aliphatic carbocycles. The van der Waals surface area contributed by atoms with Crippen LogP contribution in [0.3, 0.4) is 0 Å². The summed E-state index contributed by atoms with van der Waals surface area (Å²) in [5, 5.41) is 0. The molecule has 1 heterocycles. The molecule has 1 saturated heterocycles. The van der Waals surface area contributed by atoms with Gasteiger partial charge in [-0.25, -0.2) is 8.42 Å². The van der Waals surface area contributed by atoms with Crippen molar-refractivity contribution >= 4 is 10.0 Å². The zero-order valence-corrected chi connectivity index (χ0v) is 11.2. The molecule has 0 spiro atoms. The summed E-state index contributed by atoms with van der Waals surface area (Å²) >= 11 is 0. The van der Waals surface area contributed by atoms with Crippen LogP contribution in [-0.4, -0.2) is 25.8 Å². The second kappa shape index (κ2) is 4.79. The van der Waals surface area contributed by atoms with Gasteiger partial charge in [-0.1, -0.05) is 36.4 Å². The molecule has 2 aromatic rings. The molecule has 1 radical (unpaired) electrons. The summed E-state index contributed by atoms with van der Waals surface area (Å²) in [7, 11) is -3.27. The molecule has 4 heteroatoms. The van der Waals surface area contributed by atoms with Crippen LogP contribution in [0.2, 0.25) is 0 Å². The molecule has 0 saturated carbocycles. The third-order valence-corrected chi connectivity index (χ3v) is 5.27. The minimum Gasteiger partial charge on any atom is -0.207 e. The van der Waals surface area contributed by atoms with Crippen molar-refractivity contribution < 1.29 is 8.42 Å². The molecule has 3 rings (SSSR count). The molecule has 19 heavy (non-hydrogen) atoms. The van der Waals surface area contributed by atoms with Crippen LogP contribution in [0, 0.1) is 6.07 Å². The van der Waals surface area contributed by atoms with E-state index >= 15 is 0 Å². The molecule has 1 fully saturated rings. The normalized spacial score (nSPS) is 16.0. The van der Waals surface area contributed by atoms with E-state index in [1.54, 1.807) is 12.1 Å². The van der Waals surface area contributed by atoms with E-state index in [4.69, 9.17) is 0 Å². The zero-order valence-electron chi connectivity index (χ0n) is 10.4. The maximum Gasteiger partial charge on any atom is 0.243 e. The van der Waals surface area contributed by atoms with Crippen LogP contribution in [0.5, 0.6) is 0 Å². The van der Waals surface area contributed by atoms with Gasteiger partial charge >= 0.3 is 0 Å². The number of sulfonamides is 1. The lowest BCUT2D eigenvalue weighted by Crippen LogP contribution is -2.41. The van der Waals surface area contributed by atoms with E-state index in [1.165, 1.54) is 4.31 Å². The molecule has 0 bridgehead atoms. The van der Waals surface area contributed by atoms with Gasteiger partial charge in [-0.15, -0.1) is 0 Å². The van der Waals surface area contributed by atoms with E-state index in [0.29, 0.717) is 18.0 Å². The summed E-state index contributed by atoms with van der Waals surface area (Å²) < 4.78 is 25.9. The van der Waals surface area contributed by atoms with Crippen LogP contribution in [0.15, 0.2) is 53.4 Å². The van der Waals surface area contributed by atoms with Crippen LogP contribution in [-0.2, 0) is 10.0 Å². The van der Waals surface area contributed by atoms with Gasteiger partial charge in [-0.05, 0) is 35.7 Å². The third-order valence-electron chi connectivity index (χ3n) is 3.36. The lowest BCUT2D eigenvalue weighted by atomic mass is 10.1. The van der Waals surface area contributed by atoms with Crippen molar-refractivity contribution in [3.05, 3.63) is 54.6 Å². The maximum absolute atomic E-state index is 12.2. The highest BCUT2D eigenvalue weighted by atomic mass is 32.2. The molecule has 1 aliphatic heterocycles. The van der Waals surface area contributed by atoms with Gasteiger partial charge in [0.1, 0.15) is 0 Å². The summed E-state index contributed by atoms with van der Waals surface area (Å²) in [4.78, 5) is 0.374. The Morgan fingerprint density at radius 2 is 1.47 bits per heavy atom. The second-order valence-corrected chi connectivity index (χ2v) is 6.51. The van der Waals surface area contributed by atoms with Gasteiger partial charge in [0.05, 0.1) is 4.90 Å². The highest BCUT2D eigenvalue weighted by Crippen LogP contribution is 2.24. The molecule has 97 valence electrons. The van der Waals surface area contributed by atoms with Crippen molar-refractivity contribution in [2.24, 2.45) is 0 Å². The van der Waals surface area contributed by atoms with Crippen molar-refractivity contribution in [1.82, 2.24) is 4.31 Å². The van der Waals surface area contributed by atoms with E-state index in [9.17, 15) is 8.42 Å². The fraction of sp³-hybridized carbons (Fsp3) is 0.200. The lowest BCUT2D eigenvalue weighted by Gasteiger charge is -2.29. The molecule has 0 unspecified atom stereocenters. The topological polar surface area (TPSA) is 37.4 Å². The predicted octanol–water partition coefficient (Wildman–Crippen LogP) is 2.55. The minimum atomic E-state index is -3.27. The fourth-order valence-electron chi connectivity index (χ4n) is 2.08.